The first kappa shape index (κ1) is 40.0. The molecule has 3 atom stereocenters. The predicted molar refractivity (Wildman–Crippen MR) is 165 cm³/mol. The number of ether oxygens (including phenoxy) is 3. The Morgan fingerprint density at radius 3 is 1.47 bits per heavy atom. The molecule has 0 aliphatic heterocycles. The third-order valence-corrected chi connectivity index (χ3v) is 6.22. The number of carbonyl (C=O) groups excluding carboxylic acids is 5. The van der Waals surface area contributed by atoms with Crippen molar-refractivity contribution < 1.29 is 38.2 Å². The molecule has 0 aromatic rings. The van der Waals surface area contributed by atoms with E-state index in [1.165, 1.54) is 7.11 Å². The van der Waals surface area contributed by atoms with Crippen molar-refractivity contribution in [3.63, 3.8) is 0 Å². The van der Waals surface area contributed by atoms with E-state index in [1.54, 1.807) is 41.5 Å². The highest BCUT2D eigenvalue weighted by molar-refractivity contribution is 5.93. The van der Waals surface area contributed by atoms with Crippen molar-refractivity contribution in [2.75, 3.05) is 13.7 Å². The number of carbonyl (C=O) groups is 5. The Bertz CT molecular complexity index is 867. The van der Waals surface area contributed by atoms with Crippen LogP contribution in [-0.2, 0) is 28.6 Å². The first-order chi connectivity index (χ1) is 20.0. The number of nitrogens with one attached hydrogen (secondary N) is 4. The van der Waals surface area contributed by atoms with Crippen molar-refractivity contribution in [1.82, 2.24) is 21.3 Å². The lowest BCUT2D eigenvalue weighted by molar-refractivity contribution is -0.145. The highest BCUT2D eigenvalue weighted by Gasteiger charge is 2.30. The van der Waals surface area contributed by atoms with Crippen molar-refractivity contribution in [3.8, 4) is 0 Å². The minimum Gasteiger partial charge on any atom is -0.467 e. The molecule has 0 aliphatic carbocycles. The van der Waals surface area contributed by atoms with Gasteiger partial charge in [-0.3, -0.25) is 9.59 Å². The van der Waals surface area contributed by atoms with E-state index in [-0.39, 0.29) is 6.42 Å². The van der Waals surface area contributed by atoms with Gasteiger partial charge in [0.15, 0.2) is 0 Å². The lowest BCUT2D eigenvalue weighted by Crippen LogP contribution is -2.56. The zero-order chi connectivity index (χ0) is 33.1. The fraction of sp³-hybridized carbons (Fsp3) is 0.839. The van der Waals surface area contributed by atoms with Gasteiger partial charge in [-0.1, -0.05) is 52.4 Å². The van der Waals surface area contributed by atoms with E-state index in [2.05, 4.69) is 21.3 Å². The van der Waals surface area contributed by atoms with E-state index in [0.29, 0.717) is 38.6 Å². The van der Waals surface area contributed by atoms with E-state index >= 15 is 0 Å². The van der Waals surface area contributed by atoms with E-state index in [1.807, 2.05) is 13.8 Å². The van der Waals surface area contributed by atoms with Crippen LogP contribution in [0.1, 0.15) is 126 Å². The average Bonchev–Trinajstić information content (AvgIpc) is 2.88. The third-order valence-electron chi connectivity index (χ3n) is 6.22. The minimum atomic E-state index is -0.985. The van der Waals surface area contributed by atoms with Crippen molar-refractivity contribution >= 4 is 30.0 Å². The normalized spacial score (nSPS) is 13.6. The summed E-state index contributed by atoms with van der Waals surface area (Å²) in [7, 11) is 1.27. The molecule has 0 aromatic heterocycles. The Kier molecular flexibility index (Phi) is 19.3. The van der Waals surface area contributed by atoms with Crippen LogP contribution in [0.15, 0.2) is 0 Å². The zero-order valence-electron chi connectivity index (χ0n) is 28.0. The molecule has 0 bridgehead atoms. The SMILES string of the molecule is CCCCCC(NC(=O)OC(C)(C)C)C(=O)N[C@@H](CCCCNC(=O)OC(C)(C)C)C(=O)N[C@@H](CCCCC)C(=O)OC. The summed E-state index contributed by atoms with van der Waals surface area (Å²) in [4.78, 5) is 63.7. The van der Waals surface area contributed by atoms with Gasteiger partial charge >= 0.3 is 18.2 Å². The van der Waals surface area contributed by atoms with Gasteiger partial charge in [0, 0.05) is 6.54 Å². The lowest BCUT2D eigenvalue weighted by Gasteiger charge is -2.26. The summed E-state index contributed by atoms with van der Waals surface area (Å²) in [5.74, 6) is -1.60. The van der Waals surface area contributed by atoms with E-state index in [0.717, 1.165) is 32.1 Å². The topological polar surface area (TPSA) is 161 Å². The van der Waals surface area contributed by atoms with Crippen LogP contribution in [0, 0.1) is 0 Å². The van der Waals surface area contributed by atoms with Gasteiger partial charge in [0.05, 0.1) is 7.11 Å². The molecule has 0 rings (SSSR count). The van der Waals surface area contributed by atoms with Crippen LogP contribution in [-0.4, -0.2) is 73.0 Å². The van der Waals surface area contributed by atoms with E-state index in [4.69, 9.17) is 14.2 Å². The first-order valence-corrected chi connectivity index (χ1v) is 15.7. The van der Waals surface area contributed by atoms with Crippen molar-refractivity contribution in [3.05, 3.63) is 0 Å². The third kappa shape index (κ3) is 20.5. The Labute approximate surface area is 258 Å². The van der Waals surface area contributed by atoms with Gasteiger partial charge in [0.25, 0.3) is 0 Å². The van der Waals surface area contributed by atoms with Crippen LogP contribution in [0.3, 0.4) is 0 Å². The number of unbranched alkanes of at least 4 members (excludes halogenated alkanes) is 5. The summed E-state index contributed by atoms with van der Waals surface area (Å²) in [5.41, 5.74) is -1.36. The van der Waals surface area contributed by atoms with Gasteiger partial charge in [-0.05, 0) is 73.6 Å². The largest absolute Gasteiger partial charge is 0.467 e. The Morgan fingerprint density at radius 2 is 1.00 bits per heavy atom. The fourth-order valence-electron chi connectivity index (χ4n) is 4.10. The first-order valence-electron chi connectivity index (χ1n) is 15.7. The number of rotatable bonds is 19. The highest BCUT2D eigenvalue weighted by atomic mass is 16.6. The molecule has 0 saturated heterocycles. The summed E-state index contributed by atoms with van der Waals surface area (Å²) in [6.45, 7) is 14.9. The molecule has 0 saturated carbocycles. The number of amides is 4. The molecule has 12 heteroatoms. The summed E-state index contributed by atoms with van der Waals surface area (Å²) < 4.78 is 15.5. The van der Waals surface area contributed by atoms with Crippen molar-refractivity contribution in [2.45, 2.75) is 155 Å². The van der Waals surface area contributed by atoms with Crippen LogP contribution in [0.5, 0.6) is 0 Å². The molecule has 43 heavy (non-hydrogen) atoms. The molecule has 0 radical (unpaired) electrons. The summed E-state index contributed by atoms with van der Waals surface area (Å²) in [6, 6.07) is -2.74. The lowest BCUT2D eigenvalue weighted by atomic mass is 10.0. The van der Waals surface area contributed by atoms with Gasteiger partial charge in [0.2, 0.25) is 11.8 Å². The Balaban J connectivity index is 5.66. The second-order valence-electron chi connectivity index (χ2n) is 12.8. The average molecular weight is 615 g/mol. The van der Waals surface area contributed by atoms with Gasteiger partial charge in [0.1, 0.15) is 29.3 Å². The molecular formula is C31H58N4O8. The quantitative estimate of drug-likeness (QED) is 0.0910. The molecule has 250 valence electrons. The van der Waals surface area contributed by atoms with E-state index in [9.17, 15) is 24.0 Å². The molecule has 0 aliphatic rings. The highest BCUT2D eigenvalue weighted by Crippen LogP contribution is 2.12. The van der Waals surface area contributed by atoms with Crippen LogP contribution < -0.4 is 21.3 Å². The summed E-state index contributed by atoms with van der Waals surface area (Å²) >= 11 is 0. The molecule has 0 aromatic carbocycles. The van der Waals surface area contributed by atoms with Crippen LogP contribution in [0.2, 0.25) is 0 Å². The number of hydrogen-bond donors (Lipinski definition) is 4. The monoisotopic (exact) mass is 614 g/mol. The Hall–Kier alpha value is -3.05. The molecule has 4 N–H and O–H groups in total. The van der Waals surface area contributed by atoms with Crippen LogP contribution in [0.25, 0.3) is 0 Å². The molecule has 1 unspecified atom stereocenters. The number of hydrogen-bond acceptors (Lipinski definition) is 8. The zero-order valence-corrected chi connectivity index (χ0v) is 28.0. The number of alkyl carbamates (subject to hydrolysis) is 2. The molecular weight excluding hydrogens is 556 g/mol. The molecule has 0 heterocycles. The standard InChI is InChI=1S/C31H58N4O8/c1-10-12-14-18-23(35-29(40)43-31(6,7)8)26(37)33-22(19-16-17-21-32-28(39)42-30(3,4)5)25(36)34-24(27(38)41-9)20-15-13-11-2/h22-24H,10-21H2,1-9H3,(H,32,39)(H,33,37)(H,34,36)(H,35,40)/t22-,23?,24-/m0/s1. The minimum absolute atomic E-state index is 0.241. The molecule has 0 spiro atoms. The maximum atomic E-state index is 13.4. The second-order valence-corrected chi connectivity index (χ2v) is 12.8. The maximum absolute atomic E-state index is 13.4. The number of methoxy groups -OCH3 is 1. The van der Waals surface area contributed by atoms with Crippen LogP contribution >= 0.6 is 0 Å². The van der Waals surface area contributed by atoms with Gasteiger partial charge in [-0.25, -0.2) is 14.4 Å². The predicted octanol–water partition coefficient (Wildman–Crippen LogP) is 4.88. The van der Waals surface area contributed by atoms with Crippen LogP contribution in [0.4, 0.5) is 9.59 Å². The maximum Gasteiger partial charge on any atom is 0.408 e. The van der Waals surface area contributed by atoms with Gasteiger partial charge in [-0.15, -0.1) is 0 Å². The van der Waals surface area contributed by atoms with Gasteiger partial charge < -0.3 is 35.5 Å². The van der Waals surface area contributed by atoms with Crippen molar-refractivity contribution in [1.29, 1.82) is 0 Å². The molecule has 0 fully saturated rings. The Morgan fingerprint density at radius 1 is 0.581 bits per heavy atom. The van der Waals surface area contributed by atoms with Gasteiger partial charge in [-0.2, -0.15) is 0 Å². The smallest absolute Gasteiger partial charge is 0.408 e. The van der Waals surface area contributed by atoms with Crippen molar-refractivity contribution in [2.24, 2.45) is 0 Å². The molecule has 12 nitrogen and oxygen atoms in total. The summed E-state index contributed by atoms with van der Waals surface area (Å²) in [6.07, 6.45) is 5.81. The fourth-order valence-corrected chi connectivity index (χ4v) is 4.10. The summed E-state index contributed by atoms with van der Waals surface area (Å²) in [5, 5.41) is 10.9. The molecule has 4 amide bonds. The second kappa shape index (κ2) is 20.8. The number of esters is 1. The van der Waals surface area contributed by atoms with E-state index < -0.39 is 59.3 Å².